The van der Waals surface area contributed by atoms with Gasteiger partial charge in [-0.15, -0.1) is 0 Å². The van der Waals surface area contributed by atoms with Crippen LogP contribution in [0.15, 0.2) is 71.7 Å². The second kappa shape index (κ2) is 6.47. The molecule has 2 aliphatic carbocycles. The largest absolute Gasteiger partial charge is 0.207 e. The molecule has 124 valence electrons. The second-order valence-electron chi connectivity index (χ2n) is 7.52. The molecule has 0 nitrogen and oxygen atoms in total. The van der Waals surface area contributed by atoms with Crippen LogP contribution in [0, 0.1) is 16.7 Å². The Morgan fingerprint density at radius 3 is 2.43 bits per heavy atom. The lowest BCUT2D eigenvalue weighted by atomic mass is 9.70. The average molecular weight is 312 g/mol. The molecule has 2 rings (SSSR count). The molecule has 0 aromatic carbocycles. The van der Waals surface area contributed by atoms with Crippen molar-refractivity contribution in [2.75, 3.05) is 0 Å². The van der Waals surface area contributed by atoms with Gasteiger partial charge < -0.3 is 0 Å². The summed E-state index contributed by atoms with van der Waals surface area (Å²) in [5.41, 5.74) is 2.95. The Bertz CT molecular complexity index is 637. The molecule has 0 aliphatic heterocycles. The Hall–Kier alpha value is -1.63. The number of hydrogen-bond donors (Lipinski definition) is 0. The lowest BCUT2D eigenvalue weighted by Gasteiger charge is -2.34. The van der Waals surface area contributed by atoms with Crippen LogP contribution in [-0.4, -0.2) is 0 Å². The molecule has 0 radical (unpaired) electrons. The summed E-state index contributed by atoms with van der Waals surface area (Å²) in [6, 6.07) is 0. The smallest absolute Gasteiger partial charge is 0.127 e. The number of allylic oxidation sites excluding steroid dienone is 11. The fourth-order valence-electron chi connectivity index (χ4n) is 4.11. The van der Waals surface area contributed by atoms with Crippen LogP contribution >= 0.6 is 0 Å². The molecular formula is C22H29F. The molecule has 1 heteroatoms. The third-order valence-corrected chi connectivity index (χ3v) is 5.41. The van der Waals surface area contributed by atoms with E-state index >= 15 is 0 Å². The third-order valence-electron chi connectivity index (χ3n) is 5.41. The molecule has 0 aromatic heterocycles. The zero-order chi connectivity index (χ0) is 17.3. The molecule has 0 amide bonds. The van der Waals surface area contributed by atoms with E-state index in [-0.39, 0.29) is 22.6 Å². The van der Waals surface area contributed by atoms with E-state index in [1.165, 1.54) is 0 Å². The van der Waals surface area contributed by atoms with Crippen molar-refractivity contribution in [2.24, 2.45) is 16.7 Å². The number of rotatable bonds is 5. The Kier molecular flexibility index (Phi) is 4.98. The molecule has 1 saturated carbocycles. The summed E-state index contributed by atoms with van der Waals surface area (Å²) < 4.78 is 14.8. The number of hydrogen-bond acceptors (Lipinski definition) is 0. The zero-order valence-electron chi connectivity index (χ0n) is 15.1. The van der Waals surface area contributed by atoms with Crippen LogP contribution in [0.2, 0.25) is 0 Å². The van der Waals surface area contributed by atoms with E-state index in [1.807, 2.05) is 38.2 Å². The predicted octanol–water partition coefficient (Wildman–Crippen LogP) is 6.86. The van der Waals surface area contributed by atoms with Crippen molar-refractivity contribution < 1.29 is 4.39 Å². The van der Waals surface area contributed by atoms with Gasteiger partial charge in [-0.3, -0.25) is 0 Å². The second-order valence-corrected chi connectivity index (χ2v) is 7.52. The van der Waals surface area contributed by atoms with E-state index in [4.69, 9.17) is 0 Å². The van der Waals surface area contributed by atoms with E-state index in [2.05, 4.69) is 39.5 Å². The van der Waals surface area contributed by atoms with Gasteiger partial charge >= 0.3 is 0 Å². The Labute approximate surface area is 140 Å². The first-order valence-electron chi connectivity index (χ1n) is 8.48. The molecule has 2 atom stereocenters. The van der Waals surface area contributed by atoms with Crippen molar-refractivity contribution in [3.05, 3.63) is 71.7 Å². The van der Waals surface area contributed by atoms with E-state index < -0.39 is 0 Å². The summed E-state index contributed by atoms with van der Waals surface area (Å²) in [5, 5.41) is 0. The molecule has 0 N–H and O–H groups in total. The predicted molar refractivity (Wildman–Crippen MR) is 98.7 cm³/mol. The molecule has 23 heavy (non-hydrogen) atoms. The fourth-order valence-corrected chi connectivity index (χ4v) is 4.11. The molecule has 0 aromatic rings. The van der Waals surface area contributed by atoms with Crippen LogP contribution in [-0.2, 0) is 0 Å². The van der Waals surface area contributed by atoms with Crippen LogP contribution in [0.5, 0.6) is 0 Å². The van der Waals surface area contributed by atoms with Crippen LogP contribution in [0.4, 0.5) is 4.39 Å². The van der Waals surface area contributed by atoms with E-state index in [9.17, 15) is 4.39 Å². The van der Waals surface area contributed by atoms with Gasteiger partial charge in [-0.1, -0.05) is 62.5 Å². The van der Waals surface area contributed by atoms with Gasteiger partial charge in [-0.05, 0) is 56.3 Å². The molecule has 2 unspecified atom stereocenters. The van der Waals surface area contributed by atoms with Crippen molar-refractivity contribution in [1.29, 1.82) is 0 Å². The lowest BCUT2D eigenvalue weighted by molar-refractivity contribution is 0.336. The van der Waals surface area contributed by atoms with Crippen molar-refractivity contribution in [3.63, 3.8) is 0 Å². The van der Waals surface area contributed by atoms with Gasteiger partial charge in [0.25, 0.3) is 0 Å². The maximum Gasteiger partial charge on any atom is 0.127 e. The minimum Gasteiger partial charge on any atom is -0.207 e. The van der Waals surface area contributed by atoms with E-state index in [1.54, 1.807) is 6.08 Å². The minimum absolute atomic E-state index is 0.0430. The highest BCUT2D eigenvalue weighted by molar-refractivity contribution is 5.50. The summed E-state index contributed by atoms with van der Waals surface area (Å²) in [5.74, 6) is 0.0573. The summed E-state index contributed by atoms with van der Waals surface area (Å²) in [6.45, 7) is 14.8. The monoisotopic (exact) mass is 312 g/mol. The quantitative estimate of drug-likeness (QED) is 0.384. The van der Waals surface area contributed by atoms with Gasteiger partial charge in [0.2, 0.25) is 0 Å². The van der Waals surface area contributed by atoms with Gasteiger partial charge in [0, 0.05) is 11.3 Å². The Morgan fingerprint density at radius 1 is 1.26 bits per heavy atom. The van der Waals surface area contributed by atoms with Crippen molar-refractivity contribution in [3.8, 4) is 0 Å². The van der Waals surface area contributed by atoms with Crippen molar-refractivity contribution in [1.82, 2.24) is 0 Å². The zero-order valence-corrected chi connectivity index (χ0v) is 15.1. The normalized spacial score (nSPS) is 30.5. The topological polar surface area (TPSA) is 0 Å². The maximum atomic E-state index is 14.8. The van der Waals surface area contributed by atoms with E-state index in [0.717, 1.165) is 29.6 Å². The Morgan fingerprint density at radius 2 is 1.91 bits per heavy atom. The molecular weight excluding hydrogens is 283 g/mol. The van der Waals surface area contributed by atoms with Gasteiger partial charge in [-0.2, -0.15) is 0 Å². The maximum absolute atomic E-state index is 14.8. The van der Waals surface area contributed by atoms with Gasteiger partial charge in [-0.25, -0.2) is 4.39 Å². The Balaban J connectivity index is 2.46. The first-order chi connectivity index (χ1) is 10.8. The molecule has 0 saturated heterocycles. The first-order valence-corrected chi connectivity index (χ1v) is 8.48. The lowest BCUT2D eigenvalue weighted by Crippen LogP contribution is -2.25. The molecule has 0 bridgehead atoms. The minimum atomic E-state index is -0.111. The SMILES string of the molecule is C=C(/C=C\C=C/C)C1=C(F)C=C(C)CC1C1(C=CC)CC1(C)C. The summed E-state index contributed by atoms with van der Waals surface area (Å²) in [6.07, 6.45) is 15.9. The highest BCUT2D eigenvalue weighted by Gasteiger charge is 2.64. The molecule has 1 fully saturated rings. The van der Waals surface area contributed by atoms with Gasteiger partial charge in [0.05, 0.1) is 0 Å². The molecule has 0 heterocycles. The summed E-state index contributed by atoms with van der Waals surface area (Å²) in [4.78, 5) is 0. The highest BCUT2D eigenvalue weighted by atomic mass is 19.1. The van der Waals surface area contributed by atoms with Crippen LogP contribution < -0.4 is 0 Å². The molecule has 2 aliphatic rings. The average Bonchev–Trinajstić information content (AvgIpc) is 3.01. The van der Waals surface area contributed by atoms with Crippen LogP contribution in [0.1, 0.15) is 47.5 Å². The standard InChI is InChI=1S/C22H29F/c1-7-9-10-11-17(4)20-18(13-16(3)14-19(20)23)22(12-8-2)15-21(22,5)6/h7-12,14,18H,4,13,15H2,1-3,5-6H3/b9-7-,11-10-,12-8?. The van der Waals surface area contributed by atoms with Crippen molar-refractivity contribution >= 4 is 0 Å². The van der Waals surface area contributed by atoms with Crippen LogP contribution in [0.25, 0.3) is 0 Å². The van der Waals surface area contributed by atoms with Crippen LogP contribution in [0.3, 0.4) is 0 Å². The highest BCUT2D eigenvalue weighted by Crippen LogP contribution is 2.71. The van der Waals surface area contributed by atoms with Gasteiger partial charge in [0.15, 0.2) is 0 Å². The fraction of sp³-hybridized carbons (Fsp3) is 0.455. The number of halogens is 1. The summed E-state index contributed by atoms with van der Waals surface area (Å²) >= 11 is 0. The van der Waals surface area contributed by atoms with E-state index in [0.29, 0.717) is 0 Å². The molecule has 0 spiro atoms. The first kappa shape index (κ1) is 17.7. The van der Waals surface area contributed by atoms with Gasteiger partial charge in [0.1, 0.15) is 5.83 Å². The third kappa shape index (κ3) is 3.20. The van der Waals surface area contributed by atoms with Crippen molar-refractivity contribution in [2.45, 2.75) is 47.5 Å². The summed E-state index contributed by atoms with van der Waals surface area (Å²) in [7, 11) is 0.